The molecule has 1 saturated heterocycles. The molecule has 144 valence electrons. The summed E-state index contributed by atoms with van der Waals surface area (Å²) >= 11 is 0. The molecule has 1 amide bonds. The molecule has 7 nitrogen and oxygen atoms in total. The molecule has 2 rings (SSSR count). The first kappa shape index (κ1) is 20.0. The number of piperidine rings is 1. The highest BCUT2D eigenvalue weighted by molar-refractivity contribution is 5.85. The predicted molar refractivity (Wildman–Crippen MR) is 103 cm³/mol. The topological polar surface area (TPSA) is 75.2 Å². The Morgan fingerprint density at radius 3 is 2.62 bits per heavy atom. The number of nitrogens with one attached hydrogen (secondary N) is 2. The maximum absolute atomic E-state index is 11.8. The fourth-order valence-corrected chi connectivity index (χ4v) is 2.80. The van der Waals surface area contributed by atoms with Gasteiger partial charge in [0.1, 0.15) is 18.4 Å². The van der Waals surface area contributed by atoms with Crippen molar-refractivity contribution >= 4 is 11.9 Å². The largest absolute Gasteiger partial charge is 0.490 e. The molecular formula is C19H30N4O3. The van der Waals surface area contributed by atoms with Crippen LogP contribution in [0.25, 0.3) is 0 Å². The second-order valence-corrected chi connectivity index (χ2v) is 6.13. The van der Waals surface area contributed by atoms with Crippen molar-refractivity contribution in [3.05, 3.63) is 30.3 Å². The van der Waals surface area contributed by atoms with Gasteiger partial charge in [-0.05, 0) is 19.1 Å². The molecule has 0 atom stereocenters. The SMILES string of the molecule is CCNC(=NCC(=O)NCCOC)N1CCC(Oc2ccccc2)CC1. The molecule has 0 aliphatic carbocycles. The molecule has 1 aliphatic rings. The summed E-state index contributed by atoms with van der Waals surface area (Å²) in [6, 6.07) is 9.93. The quantitative estimate of drug-likeness (QED) is 0.414. The first-order valence-electron chi connectivity index (χ1n) is 9.23. The summed E-state index contributed by atoms with van der Waals surface area (Å²) < 4.78 is 11.0. The molecule has 1 aliphatic heterocycles. The van der Waals surface area contributed by atoms with Gasteiger partial charge in [0, 0.05) is 46.1 Å². The van der Waals surface area contributed by atoms with E-state index in [2.05, 4.69) is 20.5 Å². The van der Waals surface area contributed by atoms with Crippen LogP contribution in [0.2, 0.25) is 0 Å². The second kappa shape index (κ2) is 11.4. The number of hydrogen-bond acceptors (Lipinski definition) is 4. The van der Waals surface area contributed by atoms with Crippen molar-refractivity contribution in [3.8, 4) is 5.75 Å². The van der Waals surface area contributed by atoms with Crippen LogP contribution in [0.15, 0.2) is 35.3 Å². The number of nitrogens with zero attached hydrogens (tertiary/aromatic N) is 2. The number of carbonyl (C=O) groups excluding carboxylic acids is 1. The highest BCUT2D eigenvalue weighted by Crippen LogP contribution is 2.18. The molecule has 1 heterocycles. The number of para-hydroxylation sites is 1. The minimum atomic E-state index is -0.0975. The van der Waals surface area contributed by atoms with Crippen LogP contribution in [0.3, 0.4) is 0 Å². The predicted octanol–water partition coefficient (Wildman–Crippen LogP) is 1.26. The maximum atomic E-state index is 11.8. The average Bonchev–Trinajstić information content (AvgIpc) is 2.67. The fraction of sp³-hybridized carbons (Fsp3) is 0.579. The summed E-state index contributed by atoms with van der Waals surface area (Å²) in [5.41, 5.74) is 0. The van der Waals surface area contributed by atoms with Crippen LogP contribution in [-0.4, -0.2) is 69.3 Å². The highest BCUT2D eigenvalue weighted by Gasteiger charge is 2.22. The monoisotopic (exact) mass is 362 g/mol. The molecule has 7 heteroatoms. The summed E-state index contributed by atoms with van der Waals surface area (Å²) in [4.78, 5) is 18.5. The minimum Gasteiger partial charge on any atom is -0.490 e. The number of guanidine groups is 1. The van der Waals surface area contributed by atoms with E-state index in [0.29, 0.717) is 13.2 Å². The third-order valence-electron chi connectivity index (χ3n) is 4.12. The van der Waals surface area contributed by atoms with Gasteiger partial charge in [0.15, 0.2) is 5.96 Å². The fourth-order valence-electron chi connectivity index (χ4n) is 2.80. The Kier molecular flexibility index (Phi) is 8.75. The average molecular weight is 362 g/mol. The van der Waals surface area contributed by atoms with Gasteiger partial charge in [-0.15, -0.1) is 0 Å². The van der Waals surface area contributed by atoms with Gasteiger partial charge in [0.25, 0.3) is 0 Å². The lowest BCUT2D eigenvalue weighted by molar-refractivity contribution is -0.119. The molecule has 0 saturated carbocycles. The van der Waals surface area contributed by atoms with Crippen LogP contribution < -0.4 is 15.4 Å². The number of methoxy groups -OCH3 is 1. The zero-order valence-electron chi connectivity index (χ0n) is 15.7. The molecular weight excluding hydrogens is 332 g/mol. The van der Waals surface area contributed by atoms with Crippen LogP contribution >= 0.6 is 0 Å². The number of rotatable bonds is 8. The zero-order valence-corrected chi connectivity index (χ0v) is 15.7. The number of hydrogen-bond donors (Lipinski definition) is 2. The van der Waals surface area contributed by atoms with E-state index in [1.54, 1.807) is 7.11 Å². The zero-order chi connectivity index (χ0) is 18.6. The third-order valence-corrected chi connectivity index (χ3v) is 4.12. The number of likely N-dealkylation sites (tertiary alicyclic amines) is 1. The van der Waals surface area contributed by atoms with E-state index in [4.69, 9.17) is 9.47 Å². The molecule has 26 heavy (non-hydrogen) atoms. The molecule has 0 unspecified atom stereocenters. The number of benzene rings is 1. The summed E-state index contributed by atoms with van der Waals surface area (Å²) in [5.74, 6) is 1.60. The lowest BCUT2D eigenvalue weighted by Gasteiger charge is -2.34. The van der Waals surface area contributed by atoms with E-state index >= 15 is 0 Å². The van der Waals surface area contributed by atoms with Gasteiger partial charge < -0.3 is 25.0 Å². The molecule has 1 fully saturated rings. The first-order chi connectivity index (χ1) is 12.7. The van der Waals surface area contributed by atoms with Gasteiger partial charge in [-0.25, -0.2) is 4.99 Å². The van der Waals surface area contributed by atoms with E-state index < -0.39 is 0 Å². The van der Waals surface area contributed by atoms with Crippen molar-refractivity contribution in [2.45, 2.75) is 25.9 Å². The standard InChI is InChI=1S/C19H30N4O3/c1-3-20-19(22-15-18(24)21-11-14-25-2)23-12-9-17(10-13-23)26-16-7-5-4-6-8-16/h4-8,17H,3,9-15H2,1-2H3,(H,20,22)(H,21,24). The van der Waals surface area contributed by atoms with E-state index in [1.807, 2.05) is 37.3 Å². The van der Waals surface area contributed by atoms with Crippen LogP contribution in [-0.2, 0) is 9.53 Å². The summed E-state index contributed by atoms with van der Waals surface area (Å²) in [6.45, 7) is 5.63. The van der Waals surface area contributed by atoms with Crippen molar-refractivity contribution in [3.63, 3.8) is 0 Å². The highest BCUT2D eigenvalue weighted by atomic mass is 16.5. The van der Waals surface area contributed by atoms with E-state index in [-0.39, 0.29) is 18.6 Å². The Bertz CT molecular complexity index is 557. The van der Waals surface area contributed by atoms with Crippen molar-refractivity contribution < 1.29 is 14.3 Å². The van der Waals surface area contributed by atoms with Gasteiger partial charge >= 0.3 is 0 Å². The van der Waals surface area contributed by atoms with Crippen molar-refractivity contribution in [2.24, 2.45) is 4.99 Å². The van der Waals surface area contributed by atoms with Gasteiger partial charge in [-0.2, -0.15) is 0 Å². The maximum Gasteiger partial charge on any atom is 0.241 e. The van der Waals surface area contributed by atoms with Gasteiger partial charge in [-0.3, -0.25) is 4.79 Å². The Morgan fingerprint density at radius 1 is 1.23 bits per heavy atom. The number of aliphatic imine (C=N–C) groups is 1. The summed E-state index contributed by atoms with van der Waals surface area (Å²) in [5, 5.41) is 6.05. The molecule has 0 radical (unpaired) electrons. The van der Waals surface area contributed by atoms with Gasteiger partial charge in [0.05, 0.1) is 6.61 Å². The van der Waals surface area contributed by atoms with Crippen LogP contribution in [0.1, 0.15) is 19.8 Å². The van der Waals surface area contributed by atoms with Crippen LogP contribution in [0.4, 0.5) is 0 Å². The van der Waals surface area contributed by atoms with Crippen LogP contribution in [0, 0.1) is 0 Å². The first-order valence-corrected chi connectivity index (χ1v) is 9.23. The molecule has 2 N–H and O–H groups in total. The van der Waals surface area contributed by atoms with Gasteiger partial charge in [0.2, 0.25) is 5.91 Å². The van der Waals surface area contributed by atoms with Crippen molar-refractivity contribution in [2.75, 3.05) is 46.4 Å². The lowest BCUT2D eigenvalue weighted by Crippen LogP contribution is -2.48. The molecule has 1 aromatic rings. The third kappa shape index (κ3) is 6.92. The van der Waals surface area contributed by atoms with Crippen LogP contribution in [0.5, 0.6) is 5.75 Å². The Morgan fingerprint density at radius 2 is 1.96 bits per heavy atom. The number of amides is 1. The Hall–Kier alpha value is -2.28. The molecule has 0 bridgehead atoms. The van der Waals surface area contributed by atoms with E-state index in [0.717, 1.165) is 44.2 Å². The summed E-state index contributed by atoms with van der Waals surface area (Å²) in [7, 11) is 1.61. The molecule has 0 spiro atoms. The van der Waals surface area contributed by atoms with E-state index in [1.165, 1.54) is 0 Å². The number of ether oxygens (including phenoxy) is 2. The van der Waals surface area contributed by atoms with Crippen molar-refractivity contribution in [1.82, 2.24) is 15.5 Å². The normalized spacial score (nSPS) is 15.6. The molecule has 1 aromatic carbocycles. The lowest BCUT2D eigenvalue weighted by atomic mass is 10.1. The summed E-state index contributed by atoms with van der Waals surface area (Å²) in [6.07, 6.45) is 2.08. The van der Waals surface area contributed by atoms with Gasteiger partial charge in [-0.1, -0.05) is 18.2 Å². The Labute approximate surface area is 155 Å². The second-order valence-electron chi connectivity index (χ2n) is 6.13. The number of carbonyl (C=O) groups is 1. The molecule has 0 aromatic heterocycles. The smallest absolute Gasteiger partial charge is 0.241 e. The minimum absolute atomic E-state index is 0.0975. The van der Waals surface area contributed by atoms with Crippen molar-refractivity contribution in [1.29, 1.82) is 0 Å². The Balaban J connectivity index is 1.81. The van der Waals surface area contributed by atoms with E-state index in [9.17, 15) is 4.79 Å².